The van der Waals surface area contributed by atoms with Crippen molar-refractivity contribution in [1.82, 2.24) is 0 Å². The predicted molar refractivity (Wildman–Crippen MR) is 55.9 cm³/mol. The molecule has 0 saturated heterocycles. The van der Waals surface area contributed by atoms with Crippen LogP contribution in [0.5, 0.6) is 0 Å². The first kappa shape index (κ1) is 11.4. The molecule has 3 rings (SSSR count). The summed E-state index contributed by atoms with van der Waals surface area (Å²) in [6.45, 7) is 4.24. The second kappa shape index (κ2) is 3.18. The van der Waals surface area contributed by atoms with Crippen molar-refractivity contribution >= 4 is 10.1 Å². The van der Waals surface area contributed by atoms with Crippen molar-refractivity contribution in [2.24, 2.45) is 23.2 Å². The van der Waals surface area contributed by atoms with Gasteiger partial charge in [0.1, 0.15) is 0 Å². The standard InChI is InChI=1S/C10H18O4S/c1-10(2)6-3-8(10)7(9(11)4-6)5-15(12,13)14/h6-9,11H,3-5H2,1-2H3,(H,12,13,14)/t6-,7+,8+,9+/m1/s1. The van der Waals surface area contributed by atoms with E-state index in [1.807, 2.05) is 0 Å². The van der Waals surface area contributed by atoms with Crippen LogP contribution >= 0.6 is 0 Å². The molecule has 0 spiro atoms. The first-order chi connectivity index (χ1) is 6.72. The van der Waals surface area contributed by atoms with Gasteiger partial charge in [-0.25, -0.2) is 0 Å². The van der Waals surface area contributed by atoms with Gasteiger partial charge in [-0.3, -0.25) is 4.55 Å². The van der Waals surface area contributed by atoms with Crippen LogP contribution in [0.2, 0.25) is 0 Å². The van der Waals surface area contributed by atoms with E-state index in [2.05, 4.69) is 13.8 Å². The number of rotatable bonds is 2. The van der Waals surface area contributed by atoms with Crippen molar-refractivity contribution in [1.29, 1.82) is 0 Å². The molecular formula is C10H18O4S. The van der Waals surface area contributed by atoms with Crippen molar-refractivity contribution in [2.45, 2.75) is 32.8 Å². The predicted octanol–water partition coefficient (Wildman–Crippen LogP) is 0.917. The third kappa shape index (κ3) is 1.81. The molecule has 15 heavy (non-hydrogen) atoms. The van der Waals surface area contributed by atoms with Crippen molar-refractivity contribution in [2.75, 3.05) is 5.75 Å². The minimum atomic E-state index is -3.98. The van der Waals surface area contributed by atoms with E-state index in [0.717, 1.165) is 6.42 Å². The molecular weight excluding hydrogens is 216 g/mol. The van der Waals surface area contributed by atoms with Crippen LogP contribution in [0.3, 0.4) is 0 Å². The summed E-state index contributed by atoms with van der Waals surface area (Å²) in [7, 11) is -3.98. The number of hydrogen-bond acceptors (Lipinski definition) is 3. The minimum absolute atomic E-state index is 0.120. The average molecular weight is 234 g/mol. The third-order valence-electron chi connectivity index (χ3n) is 4.49. The van der Waals surface area contributed by atoms with Crippen LogP contribution in [0.4, 0.5) is 0 Å². The molecule has 0 aromatic carbocycles. The fourth-order valence-electron chi connectivity index (χ4n) is 3.39. The molecule has 0 aliphatic heterocycles. The molecule has 2 bridgehead atoms. The average Bonchev–Trinajstić information content (AvgIpc) is 2.05. The summed E-state index contributed by atoms with van der Waals surface area (Å²) in [6.07, 6.45) is 1.09. The highest BCUT2D eigenvalue weighted by atomic mass is 32.2. The Hall–Kier alpha value is -0.130. The summed E-state index contributed by atoms with van der Waals surface area (Å²) in [6, 6.07) is 0. The van der Waals surface area contributed by atoms with Gasteiger partial charge in [0.25, 0.3) is 10.1 Å². The molecule has 3 aliphatic rings. The summed E-state index contributed by atoms with van der Waals surface area (Å²) in [5.74, 6) is 0.151. The molecule has 3 fully saturated rings. The lowest BCUT2D eigenvalue weighted by Crippen LogP contribution is -2.58. The van der Waals surface area contributed by atoms with Crippen LogP contribution in [0.25, 0.3) is 0 Å². The molecule has 0 aromatic rings. The SMILES string of the molecule is CC1(C)[C@H]2C[C@H](O)[C@@H](CS(=O)(=O)O)[C@@H]1C2. The quantitative estimate of drug-likeness (QED) is 0.697. The van der Waals surface area contributed by atoms with Crippen LogP contribution in [0.15, 0.2) is 0 Å². The molecule has 0 heterocycles. The van der Waals surface area contributed by atoms with Gasteiger partial charge in [0.2, 0.25) is 0 Å². The fraction of sp³-hybridized carbons (Fsp3) is 1.00. The van der Waals surface area contributed by atoms with E-state index in [0.29, 0.717) is 12.3 Å². The highest BCUT2D eigenvalue weighted by Crippen LogP contribution is 2.61. The lowest BCUT2D eigenvalue weighted by molar-refractivity contribution is -0.153. The highest BCUT2D eigenvalue weighted by molar-refractivity contribution is 7.85. The maximum atomic E-state index is 10.9. The van der Waals surface area contributed by atoms with Crippen LogP contribution in [-0.2, 0) is 10.1 Å². The first-order valence-electron chi connectivity index (χ1n) is 5.35. The normalized spacial score (nSPS) is 43.5. The summed E-state index contributed by atoms with van der Waals surface area (Å²) in [5.41, 5.74) is 0.120. The summed E-state index contributed by atoms with van der Waals surface area (Å²) in [5, 5.41) is 9.79. The van der Waals surface area contributed by atoms with E-state index in [9.17, 15) is 13.5 Å². The molecule has 4 nitrogen and oxygen atoms in total. The van der Waals surface area contributed by atoms with Gasteiger partial charge < -0.3 is 5.11 Å². The Morgan fingerprint density at radius 3 is 2.40 bits per heavy atom. The van der Waals surface area contributed by atoms with E-state index >= 15 is 0 Å². The van der Waals surface area contributed by atoms with Crippen molar-refractivity contribution in [3.05, 3.63) is 0 Å². The second-order valence-corrected chi connectivity index (χ2v) is 7.07. The Labute approximate surface area is 90.4 Å². The van der Waals surface area contributed by atoms with Gasteiger partial charge >= 0.3 is 0 Å². The van der Waals surface area contributed by atoms with Gasteiger partial charge in [-0.2, -0.15) is 8.42 Å². The van der Waals surface area contributed by atoms with Gasteiger partial charge in [-0.15, -0.1) is 0 Å². The zero-order valence-corrected chi connectivity index (χ0v) is 9.87. The lowest BCUT2D eigenvalue weighted by atomic mass is 9.45. The molecule has 88 valence electrons. The molecule has 4 atom stereocenters. The summed E-state index contributed by atoms with van der Waals surface area (Å²) >= 11 is 0. The highest BCUT2D eigenvalue weighted by Gasteiger charge is 2.57. The van der Waals surface area contributed by atoms with Gasteiger partial charge in [-0.05, 0) is 30.1 Å². The smallest absolute Gasteiger partial charge is 0.265 e. The zero-order chi connectivity index (χ0) is 11.4. The fourth-order valence-corrected chi connectivity index (χ4v) is 4.33. The van der Waals surface area contributed by atoms with E-state index < -0.39 is 16.2 Å². The summed E-state index contributed by atoms with van der Waals surface area (Å²) in [4.78, 5) is 0. The number of aliphatic hydroxyl groups excluding tert-OH is 1. The zero-order valence-electron chi connectivity index (χ0n) is 9.05. The molecule has 3 aliphatic carbocycles. The number of aliphatic hydroxyl groups is 1. The van der Waals surface area contributed by atoms with Crippen LogP contribution in [0.1, 0.15) is 26.7 Å². The van der Waals surface area contributed by atoms with E-state index in [1.54, 1.807) is 0 Å². The molecule has 3 saturated carbocycles. The first-order valence-corrected chi connectivity index (χ1v) is 6.96. The second-order valence-electron chi connectivity index (χ2n) is 5.58. The van der Waals surface area contributed by atoms with Gasteiger partial charge in [0.05, 0.1) is 11.9 Å². The maximum Gasteiger partial charge on any atom is 0.265 e. The Kier molecular flexibility index (Phi) is 2.41. The van der Waals surface area contributed by atoms with Crippen LogP contribution < -0.4 is 0 Å². The van der Waals surface area contributed by atoms with E-state index in [-0.39, 0.29) is 23.0 Å². The maximum absolute atomic E-state index is 10.9. The Morgan fingerprint density at radius 1 is 1.33 bits per heavy atom. The molecule has 0 unspecified atom stereocenters. The van der Waals surface area contributed by atoms with E-state index in [4.69, 9.17) is 4.55 Å². The monoisotopic (exact) mass is 234 g/mol. The van der Waals surface area contributed by atoms with Gasteiger partial charge in [0.15, 0.2) is 0 Å². The Morgan fingerprint density at radius 2 is 1.93 bits per heavy atom. The Balaban J connectivity index is 2.17. The largest absolute Gasteiger partial charge is 0.393 e. The van der Waals surface area contributed by atoms with Gasteiger partial charge in [0, 0.05) is 5.92 Å². The number of hydrogen-bond donors (Lipinski definition) is 2. The Bertz CT molecular complexity index is 360. The molecule has 0 radical (unpaired) electrons. The van der Waals surface area contributed by atoms with Crippen molar-refractivity contribution < 1.29 is 18.1 Å². The topological polar surface area (TPSA) is 74.6 Å². The molecule has 0 amide bonds. The van der Waals surface area contributed by atoms with Crippen molar-refractivity contribution in [3.8, 4) is 0 Å². The third-order valence-corrected chi connectivity index (χ3v) is 5.29. The van der Waals surface area contributed by atoms with Crippen molar-refractivity contribution in [3.63, 3.8) is 0 Å². The number of fused-ring (bicyclic) bond motifs is 2. The summed E-state index contributed by atoms with van der Waals surface area (Å²) < 4.78 is 30.6. The van der Waals surface area contributed by atoms with E-state index in [1.165, 1.54) is 0 Å². The molecule has 0 aromatic heterocycles. The van der Waals surface area contributed by atoms with Crippen LogP contribution in [-0.4, -0.2) is 29.9 Å². The minimum Gasteiger partial charge on any atom is -0.393 e. The van der Waals surface area contributed by atoms with Gasteiger partial charge in [-0.1, -0.05) is 13.8 Å². The molecule has 2 N–H and O–H groups in total. The van der Waals surface area contributed by atoms with Crippen LogP contribution in [0, 0.1) is 23.2 Å². The molecule has 5 heteroatoms. The lowest BCUT2D eigenvalue weighted by Gasteiger charge is -2.61.